The van der Waals surface area contributed by atoms with Gasteiger partial charge in [0.1, 0.15) is 24.2 Å². The van der Waals surface area contributed by atoms with Gasteiger partial charge in [0.2, 0.25) is 0 Å². The van der Waals surface area contributed by atoms with Gasteiger partial charge < -0.3 is 14.6 Å². The molecule has 0 heterocycles. The fourth-order valence-corrected chi connectivity index (χ4v) is 2.18. The Hall–Kier alpha value is -1.26. The third kappa shape index (κ3) is 5.39. The zero-order valence-electron chi connectivity index (χ0n) is 13.2. The van der Waals surface area contributed by atoms with Crippen LogP contribution in [0.2, 0.25) is 0 Å². The molecule has 20 heavy (non-hydrogen) atoms. The van der Waals surface area contributed by atoms with Crippen LogP contribution < -0.4 is 9.47 Å². The van der Waals surface area contributed by atoms with Gasteiger partial charge in [-0.1, -0.05) is 0 Å². The molecule has 114 valence electrons. The Balaban J connectivity index is 2.43. The smallest absolute Gasteiger partial charge is 0.119 e. The van der Waals surface area contributed by atoms with Gasteiger partial charge in [-0.25, -0.2) is 0 Å². The summed E-state index contributed by atoms with van der Waals surface area (Å²) < 4.78 is 10.7. The highest BCUT2D eigenvalue weighted by Gasteiger charge is 2.17. The fourth-order valence-electron chi connectivity index (χ4n) is 2.18. The molecule has 1 atom stereocenters. The van der Waals surface area contributed by atoms with Gasteiger partial charge in [0.15, 0.2) is 0 Å². The summed E-state index contributed by atoms with van der Waals surface area (Å²) >= 11 is 0. The molecule has 1 N–H and O–H groups in total. The van der Waals surface area contributed by atoms with Gasteiger partial charge >= 0.3 is 0 Å². The van der Waals surface area contributed by atoms with E-state index >= 15 is 0 Å². The van der Waals surface area contributed by atoms with Crippen molar-refractivity contribution in [1.82, 2.24) is 4.90 Å². The first kappa shape index (κ1) is 16.8. The van der Waals surface area contributed by atoms with Crippen LogP contribution in [0.5, 0.6) is 11.5 Å². The first-order valence-corrected chi connectivity index (χ1v) is 7.14. The van der Waals surface area contributed by atoms with Crippen LogP contribution in [-0.2, 0) is 0 Å². The van der Waals surface area contributed by atoms with E-state index in [2.05, 4.69) is 32.6 Å². The predicted octanol–water partition coefficient (Wildman–Crippen LogP) is 2.55. The van der Waals surface area contributed by atoms with Crippen LogP contribution in [-0.4, -0.2) is 48.5 Å². The van der Waals surface area contributed by atoms with Crippen molar-refractivity contribution in [1.29, 1.82) is 0 Å². The van der Waals surface area contributed by atoms with E-state index in [1.54, 1.807) is 7.11 Å². The highest BCUT2D eigenvalue weighted by Crippen LogP contribution is 2.17. The number of benzene rings is 1. The second kappa shape index (κ2) is 8.12. The molecule has 1 rings (SSSR count). The Morgan fingerprint density at radius 3 is 1.95 bits per heavy atom. The van der Waals surface area contributed by atoms with Crippen LogP contribution in [0.25, 0.3) is 0 Å². The minimum Gasteiger partial charge on any atom is -0.497 e. The van der Waals surface area contributed by atoms with Crippen molar-refractivity contribution in [2.45, 2.75) is 45.9 Å². The quantitative estimate of drug-likeness (QED) is 0.795. The molecule has 0 aliphatic rings. The maximum Gasteiger partial charge on any atom is 0.119 e. The Labute approximate surface area is 122 Å². The van der Waals surface area contributed by atoms with Crippen molar-refractivity contribution in [3.05, 3.63) is 24.3 Å². The average Bonchev–Trinajstić information content (AvgIpc) is 2.42. The maximum absolute atomic E-state index is 10.1. The van der Waals surface area contributed by atoms with Gasteiger partial charge in [-0.2, -0.15) is 0 Å². The van der Waals surface area contributed by atoms with Crippen LogP contribution in [0.15, 0.2) is 24.3 Å². The molecule has 0 fully saturated rings. The van der Waals surface area contributed by atoms with E-state index in [1.807, 2.05) is 24.3 Å². The highest BCUT2D eigenvalue weighted by atomic mass is 16.5. The molecule has 0 aliphatic heterocycles. The molecule has 0 saturated heterocycles. The van der Waals surface area contributed by atoms with Crippen molar-refractivity contribution >= 4 is 0 Å². The van der Waals surface area contributed by atoms with Crippen LogP contribution in [0, 0.1) is 0 Å². The standard InChI is InChI=1S/C16H27NO3/c1-12(2)17(13(3)4)10-14(18)11-20-16-8-6-15(19-5)7-9-16/h6-9,12-14,18H,10-11H2,1-5H3/t14-/m0/s1. The third-order valence-corrected chi connectivity index (χ3v) is 3.25. The zero-order valence-corrected chi connectivity index (χ0v) is 13.2. The minimum atomic E-state index is -0.498. The Bertz CT molecular complexity index is 368. The summed E-state index contributed by atoms with van der Waals surface area (Å²) in [5.41, 5.74) is 0. The molecule has 4 heteroatoms. The van der Waals surface area contributed by atoms with Crippen molar-refractivity contribution < 1.29 is 14.6 Å². The molecule has 0 saturated carbocycles. The summed E-state index contributed by atoms with van der Waals surface area (Å²) in [4.78, 5) is 2.25. The summed E-state index contributed by atoms with van der Waals surface area (Å²) in [6.45, 7) is 9.45. The first-order chi connectivity index (χ1) is 9.43. The summed E-state index contributed by atoms with van der Waals surface area (Å²) in [6, 6.07) is 8.19. The number of nitrogens with zero attached hydrogens (tertiary/aromatic N) is 1. The predicted molar refractivity (Wildman–Crippen MR) is 81.5 cm³/mol. The summed E-state index contributed by atoms with van der Waals surface area (Å²) in [6.07, 6.45) is -0.498. The lowest BCUT2D eigenvalue weighted by Gasteiger charge is -2.32. The van der Waals surface area contributed by atoms with Crippen LogP contribution in [0.4, 0.5) is 0 Å². The minimum absolute atomic E-state index is 0.294. The number of rotatable bonds is 8. The van der Waals surface area contributed by atoms with Crippen molar-refractivity contribution in [3.8, 4) is 11.5 Å². The normalized spacial score (nSPS) is 13.1. The number of methoxy groups -OCH3 is 1. The topological polar surface area (TPSA) is 41.9 Å². The Morgan fingerprint density at radius 1 is 1.00 bits per heavy atom. The van der Waals surface area contributed by atoms with Crippen LogP contribution in [0.3, 0.4) is 0 Å². The van der Waals surface area contributed by atoms with Crippen molar-refractivity contribution in [2.24, 2.45) is 0 Å². The molecule has 0 aliphatic carbocycles. The number of ether oxygens (including phenoxy) is 2. The fraction of sp³-hybridized carbons (Fsp3) is 0.625. The Kier molecular flexibility index (Phi) is 6.82. The molecule has 0 aromatic heterocycles. The molecule has 0 bridgehead atoms. The monoisotopic (exact) mass is 281 g/mol. The second-order valence-electron chi connectivity index (χ2n) is 5.52. The largest absolute Gasteiger partial charge is 0.497 e. The van der Waals surface area contributed by atoms with E-state index in [0.29, 0.717) is 25.2 Å². The summed E-state index contributed by atoms with van der Waals surface area (Å²) in [5.74, 6) is 1.54. The third-order valence-electron chi connectivity index (χ3n) is 3.25. The van der Waals surface area contributed by atoms with E-state index < -0.39 is 6.10 Å². The lowest BCUT2D eigenvalue weighted by molar-refractivity contribution is 0.0445. The van der Waals surface area contributed by atoms with Gasteiger partial charge in [-0.15, -0.1) is 0 Å². The summed E-state index contributed by atoms with van der Waals surface area (Å²) in [5, 5.41) is 10.1. The number of aliphatic hydroxyl groups is 1. The summed E-state index contributed by atoms with van der Waals surface area (Å²) in [7, 11) is 1.63. The van der Waals surface area contributed by atoms with E-state index in [-0.39, 0.29) is 0 Å². The SMILES string of the molecule is COc1ccc(OC[C@@H](O)CN(C(C)C)C(C)C)cc1. The molecule has 0 spiro atoms. The molecular formula is C16H27NO3. The maximum atomic E-state index is 10.1. The van der Waals surface area contributed by atoms with Gasteiger partial charge in [-0.3, -0.25) is 4.90 Å². The zero-order chi connectivity index (χ0) is 15.1. The van der Waals surface area contributed by atoms with E-state index in [0.717, 1.165) is 11.5 Å². The van der Waals surface area contributed by atoms with Gasteiger partial charge in [-0.05, 0) is 52.0 Å². The number of hydrogen-bond donors (Lipinski definition) is 1. The van der Waals surface area contributed by atoms with E-state index in [1.165, 1.54) is 0 Å². The average molecular weight is 281 g/mol. The van der Waals surface area contributed by atoms with Crippen LogP contribution >= 0.6 is 0 Å². The molecule has 0 radical (unpaired) electrons. The van der Waals surface area contributed by atoms with Gasteiger partial charge in [0, 0.05) is 18.6 Å². The lowest BCUT2D eigenvalue weighted by Crippen LogP contribution is -2.43. The Morgan fingerprint density at radius 2 is 1.50 bits per heavy atom. The second-order valence-corrected chi connectivity index (χ2v) is 5.52. The van der Waals surface area contributed by atoms with E-state index in [9.17, 15) is 5.11 Å². The number of hydrogen-bond acceptors (Lipinski definition) is 4. The van der Waals surface area contributed by atoms with Crippen LogP contribution in [0.1, 0.15) is 27.7 Å². The molecule has 0 unspecified atom stereocenters. The van der Waals surface area contributed by atoms with Gasteiger partial charge in [0.25, 0.3) is 0 Å². The lowest BCUT2D eigenvalue weighted by atomic mass is 10.2. The number of aliphatic hydroxyl groups excluding tert-OH is 1. The molecule has 1 aromatic carbocycles. The van der Waals surface area contributed by atoms with Crippen molar-refractivity contribution in [2.75, 3.05) is 20.3 Å². The van der Waals surface area contributed by atoms with Gasteiger partial charge in [0.05, 0.1) is 7.11 Å². The highest BCUT2D eigenvalue weighted by molar-refractivity contribution is 5.31. The molecule has 4 nitrogen and oxygen atoms in total. The molecular weight excluding hydrogens is 254 g/mol. The van der Waals surface area contributed by atoms with E-state index in [4.69, 9.17) is 9.47 Å². The molecule has 1 aromatic rings. The first-order valence-electron chi connectivity index (χ1n) is 7.14. The molecule has 0 amide bonds. The van der Waals surface area contributed by atoms with Crippen molar-refractivity contribution in [3.63, 3.8) is 0 Å².